The van der Waals surface area contributed by atoms with Crippen LogP contribution in [0, 0.1) is 0 Å². The number of fused-ring (bicyclic) bond motifs is 1. The molecular formula is C14H16ClNO4S. The third-order valence-corrected chi connectivity index (χ3v) is 5.03. The minimum Gasteiger partial charge on any atom is -0.459 e. The van der Waals surface area contributed by atoms with Crippen LogP contribution in [0.5, 0.6) is 0 Å². The van der Waals surface area contributed by atoms with E-state index in [0.29, 0.717) is 16.4 Å². The molecule has 5 nitrogen and oxygen atoms in total. The Morgan fingerprint density at radius 3 is 2.57 bits per heavy atom. The smallest absolute Gasteiger partial charge is 0.238 e. The van der Waals surface area contributed by atoms with Crippen LogP contribution in [0.3, 0.4) is 0 Å². The second kappa shape index (κ2) is 5.69. The maximum Gasteiger partial charge on any atom is 0.238 e. The lowest BCUT2D eigenvalue weighted by Crippen LogP contribution is -2.38. The zero-order valence-corrected chi connectivity index (χ0v) is 13.5. The fourth-order valence-electron chi connectivity index (χ4n) is 1.84. The van der Waals surface area contributed by atoms with Crippen molar-refractivity contribution >= 4 is 38.3 Å². The lowest BCUT2D eigenvalue weighted by Gasteiger charge is -2.14. The fourth-order valence-corrected chi connectivity index (χ4v) is 2.48. The van der Waals surface area contributed by atoms with Gasteiger partial charge in [-0.3, -0.25) is 4.79 Å². The third-order valence-electron chi connectivity index (χ3n) is 3.29. The van der Waals surface area contributed by atoms with Crippen LogP contribution >= 0.6 is 11.6 Å². The molecule has 0 aliphatic rings. The van der Waals surface area contributed by atoms with Gasteiger partial charge in [-0.25, -0.2) is 8.42 Å². The lowest BCUT2D eigenvalue weighted by atomic mass is 10.2. The summed E-state index contributed by atoms with van der Waals surface area (Å²) in [6.45, 7) is 3.09. The number of sulfone groups is 1. The summed E-state index contributed by atoms with van der Waals surface area (Å²) < 4.78 is 28.4. The van der Waals surface area contributed by atoms with Gasteiger partial charge in [0.2, 0.25) is 5.91 Å². The molecule has 0 spiro atoms. The summed E-state index contributed by atoms with van der Waals surface area (Å²) in [5.41, 5.74) is 0.659. The van der Waals surface area contributed by atoms with E-state index in [1.165, 1.54) is 6.92 Å². The number of amides is 1. The van der Waals surface area contributed by atoms with Gasteiger partial charge in [0.05, 0.1) is 6.04 Å². The number of hydrogen-bond donors (Lipinski definition) is 1. The monoisotopic (exact) mass is 329 g/mol. The topological polar surface area (TPSA) is 76.4 Å². The molecule has 0 bridgehead atoms. The average molecular weight is 330 g/mol. The Kier molecular flexibility index (Phi) is 4.30. The van der Waals surface area contributed by atoms with Crippen molar-refractivity contribution in [3.8, 4) is 0 Å². The quantitative estimate of drug-likeness (QED) is 0.935. The largest absolute Gasteiger partial charge is 0.459 e. The van der Waals surface area contributed by atoms with Crippen LogP contribution in [0.25, 0.3) is 11.0 Å². The van der Waals surface area contributed by atoms with Crippen molar-refractivity contribution in [1.82, 2.24) is 5.32 Å². The number of rotatable bonds is 4. The first kappa shape index (κ1) is 15.9. The predicted octanol–water partition coefficient (Wildman–Crippen LogP) is 2.70. The SMILES string of the molecule is CC(NC(=O)C(C)S(C)(=O)=O)c1cc2cc(Cl)ccc2o1. The molecule has 0 saturated carbocycles. The van der Waals surface area contributed by atoms with E-state index in [1.807, 2.05) is 0 Å². The molecular weight excluding hydrogens is 314 g/mol. The Morgan fingerprint density at radius 1 is 1.29 bits per heavy atom. The summed E-state index contributed by atoms with van der Waals surface area (Å²) in [6, 6.07) is 6.56. The highest BCUT2D eigenvalue weighted by molar-refractivity contribution is 7.92. The minimum atomic E-state index is -3.42. The first-order valence-corrected chi connectivity index (χ1v) is 8.70. The summed E-state index contributed by atoms with van der Waals surface area (Å²) in [7, 11) is -3.42. The van der Waals surface area contributed by atoms with E-state index in [1.54, 1.807) is 31.2 Å². The van der Waals surface area contributed by atoms with Gasteiger partial charge in [-0.2, -0.15) is 0 Å². The molecule has 2 unspecified atom stereocenters. The highest BCUT2D eigenvalue weighted by Gasteiger charge is 2.25. The molecule has 1 heterocycles. The van der Waals surface area contributed by atoms with Gasteiger partial charge in [-0.15, -0.1) is 0 Å². The van der Waals surface area contributed by atoms with Gasteiger partial charge in [-0.05, 0) is 38.1 Å². The van der Waals surface area contributed by atoms with Crippen molar-refractivity contribution < 1.29 is 17.6 Å². The molecule has 0 aliphatic carbocycles. The van der Waals surface area contributed by atoms with Crippen molar-refractivity contribution in [3.05, 3.63) is 35.0 Å². The summed E-state index contributed by atoms with van der Waals surface area (Å²) >= 11 is 5.91. The highest BCUT2D eigenvalue weighted by atomic mass is 35.5. The lowest BCUT2D eigenvalue weighted by molar-refractivity contribution is -0.121. The van der Waals surface area contributed by atoms with Crippen molar-refractivity contribution in [3.63, 3.8) is 0 Å². The summed E-state index contributed by atoms with van der Waals surface area (Å²) in [4.78, 5) is 11.9. The summed E-state index contributed by atoms with van der Waals surface area (Å²) in [6.07, 6.45) is 1.03. The molecule has 7 heteroatoms. The van der Waals surface area contributed by atoms with Crippen LogP contribution in [0.1, 0.15) is 25.6 Å². The van der Waals surface area contributed by atoms with Gasteiger partial charge in [0.15, 0.2) is 9.84 Å². The molecule has 2 atom stereocenters. The Morgan fingerprint density at radius 2 is 1.95 bits per heavy atom. The van der Waals surface area contributed by atoms with Crippen LogP contribution in [0.15, 0.2) is 28.7 Å². The van der Waals surface area contributed by atoms with Crippen LogP contribution in [-0.4, -0.2) is 25.8 Å². The minimum absolute atomic E-state index is 0.437. The predicted molar refractivity (Wildman–Crippen MR) is 82.1 cm³/mol. The molecule has 1 aromatic carbocycles. The average Bonchev–Trinajstić information content (AvgIpc) is 2.79. The number of halogens is 1. The van der Waals surface area contributed by atoms with Gasteiger partial charge in [0.1, 0.15) is 16.6 Å². The first-order valence-electron chi connectivity index (χ1n) is 6.36. The number of benzene rings is 1. The Labute approximate surface area is 128 Å². The standard InChI is InChI=1S/C14H16ClNO4S/c1-8(16-14(17)9(2)21(3,18)19)13-7-10-6-11(15)4-5-12(10)20-13/h4-9H,1-3H3,(H,16,17). The number of furan rings is 1. The molecule has 0 radical (unpaired) electrons. The molecule has 0 saturated heterocycles. The van der Waals surface area contributed by atoms with E-state index in [4.69, 9.17) is 16.0 Å². The van der Waals surface area contributed by atoms with Gasteiger partial charge < -0.3 is 9.73 Å². The zero-order valence-electron chi connectivity index (χ0n) is 11.9. The van der Waals surface area contributed by atoms with E-state index in [0.717, 1.165) is 11.6 Å². The zero-order chi connectivity index (χ0) is 15.8. The van der Waals surface area contributed by atoms with E-state index < -0.39 is 27.0 Å². The van der Waals surface area contributed by atoms with E-state index >= 15 is 0 Å². The Balaban J connectivity index is 2.19. The summed E-state index contributed by atoms with van der Waals surface area (Å²) in [5, 5.41) is 2.96. The molecule has 0 fully saturated rings. The third kappa shape index (κ3) is 3.57. The fraction of sp³-hybridized carbons (Fsp3) is 0.357. The molecule has 2 aromatic rings. The maximum atomic E-state index is 11.9. The van der Waals surface area contributed by atoms with Crippen LogP contribution in [0.4, 0.5) is 0 Å². The molecule has 1 N–H and O–H groups in total. The van der Waals surface area contributed by atoms with E-state index in [-0.39, 0.29) is 0 Å². The second-order valence-electron chi connectivity index (χ2n) is 5.03. The normalized spacial score (nSPS) is 14.9. The molecule has 2 rings (SSSR count). The van der Waals surface area contributed by atoms with Crippen molar-refractivity contribution in [2.75, 3.05) is 6.26 Å². The number of nitrogens with one attached hydrogen (secondary N) is 1. The van der Waals surface area contributed by atoms with E-state index in [9.17, 15) is 13.2 Å². The van der Waals surface area contributed by atoms with Crippen LogP contribution in [-0.2, 0) is 14.6 Å². The second-order valence-corrected chi connectivity index (χ2v) is 7.84. The molecule has 21 heavy (non-hydrogen) atoms. The van der Waals surface area contributed by atoms with Gasteiger partial charge >= 0.3 is 0 Å². The number of carbonyl (C=O) groups excluding carboxylic acids is 1. The number of carbonyl (C=O) groups is 1. The molecule has 0 aliphatic heterocycles. The Bertz CT molecular complexity index is 781. The maximum absolute atomic E-state index is 11.9. The van der Waals surface area contributed by atoms with Gasteiger partial charge in [-0.1, -0.05) is 11.6 Å². The van der Waals surface area contributed by atoms with E-state index in [2.05, 4.69) is 5.32 Å². The van der Waals surface area contributed by atoms with Crippen molar-refractivity contribution in [2.24, 2.45) is 0 Å². The number of hydrogen-bond acceptors (Lipinski definition) is 4. The molecule has 1 aromatic heterocycles. The first-order chi connectivity index (χ1) is 9.68. The highest BCUT2D eigenvalue weighted by Crippen LogP contribution is 2.26. The molecule has 114 valence electrons. The van der Waals surface area contributed by atoms with Gasteiger partial charge in [0, 0.05) is 16.7 Å². The van der Waals surface area contributed by atoms with Crippen LogP contribution < -0.4 is 5.32 Å². The Hall–Kier alpha value is -1.53. The van der Waals surface area contributed by atoms with Crippen LogP contribution in [0.2, 0.25) is 5.02 Å². The van der Waals surface area contributed by atoms with Gasteiger partial charge in [0.25, 0.3) is 0 Å². The van der Waals surface area contributed by atoms with Crippen molar-refractivity contribution in [2.45, 2.75) is 25.1 Å². The summed E-state index contributed by atoms with van der Waals surface area (Å²) in [5.74, 6) is -0.00944. The van der Waals surface area contributed by atoms with Crippen molar-refractivity contribution in [1.29, 1.82) is 0 Å². The molecule has 1 amide bonds.